The molecule has 0 bridgehead atoms. The number of allylic oxidation sites excluding steroid dienone is 2. The van der Waals surface area contributed by atoms with Crippen molar-refractivity contribution >= 4 is 45.4 Å². The molecule has 5 aromatic carbocycles. The van der Waals surface area contributed by atoms with Gasteiger partial charge in [-0.3, -0.25) is 0 Å². The number of aryl methyl sites for hydroxylation is 3. The normalized spacial score (nSPS) is 13.4. The fraction of sp³-hybridized carbons (Fsp3) is 0.222. The van der Waals surface area contributed by atoms with Gasteiger partial charge in [-0.05, 0) is 69.2 Å². The van der Waals surface area contributed by atoms with Gasteiger partial charge in [0, 0.05) is 12.6 Å². The number of hydrogen-bond donors (Lipinski definition) is 0. The number of anilines is 1. The van der Waals surface area contributed by atoms with Gasteiger partial charge in [0.25, 0.3) is 5.52 Å². The largest absolute Gasteiger partial charge is 0.439 e. The van der Waals surface area contributed by atoms with Crippen LogP contribution in [0.5, 0.6) is 5.75 Å². The lowest BCUT2D eigenvalue weighted by atomic mass is 9.14. The van der Waals surface area contributed by atoms with Crippen molar-refractivity contribution < 1.29 is 13.7 Å². The van der Waals surface area contributed by atoms with E-state index in [1.807, 2.05) is 30.4 Å². The molecule has 0 saturated carbocycles. The summed E-state index contributed by atoms with van der Waals surface area (Å²) in [6.07, 6.45) is 8.72. The molecule has 0 atom stereocenters. The van der Waals surface area contributed by atoms with Crippen LogP contribution in [0.2, 0.25) is 6.32 Å². The van der Waals surface area contributed by atoms with E-state index >= 15 is 0 Å². The quantitative estimate of drug-likeness (QED) is 0.109. The van der Waals surface area contributed by atoms with E-state index in [9.17, 15) is 0 Å². The van der Waals surface area contributed by atoms with Crippen LogP contribution in [0.15, 0.2) is 150 Å². The van der Waals surface area contributed by atoms with Gasteiger partial charge in [-0.1, -0.05) is 123 Å². The first kappa shape index (κ1) is 34.6. The van der Waals surface area contributed by atoms with Gasteiger partial charge < -0.3 is 14.1 Å². The lowest BCUT2D eigenvalue weighted by molar-refractivity contribution is -0.674. The summed E-state index contributed by atoms with van der Waals surface area (Å²) in [6, 6.07) is 45.7. The molecule has 0 amide bonds. The number of rotatable bonds is 10. The molecule has 1 aromatic heterocycles. The van der Waals surface area contributed by atoms with E-state index in [1.54, 1.807) is 0 Å². The molecule has 6 aromatic rings. The third kappa shape index (κ3) is 7.18. The van der Waals surface area contributed by atoms with Crippen molar-refractivity contribution in [3.63, 3.8) is 0 Å². The fourth-order valence-electron chi connectivity index (χ4n) is 7.47. The maximum atomic E-state index is 6.03. The average Bonchev–Trinajstić information content (AvgIpc) is 3.69. The molecule has 7 rings (SSSR count). The van der Waals surface area contributed by atoms with Gasteiger partial charge in [0.05, 0.1) is 17.9 Å². The maximum absolute atomic E-state index is 6.03. The SMILES string of the molecule is CCCC[B-](c1ccccc1)(c1ccccc1)c1ccccc1.CCN1/C(=C/C=C/c2oc3ccc(C)cc3[n+]2CC)Oc2ccc(C)cc21. The van der Waals surface area contributed by atoms with Crippen LogP contribution in [-0.2, 0) is 6.54 Å². The van der Waals surface area contributed by atoms with Crippen LogP contribution in [0.4, 0.5) is 5.69 Å². The predicted octanol–water partition coefficient (Wildman–Crippen LogP) is 9.09. The summed E-state index contributed by atoms with van der Waals surface area (Å²) in [5.41, 5.74) is 9.95. The van der Waals surface area contributed by atoms with Crippen molar-refractivity contribution in [2.45, 2.75) is 60.3 Å². The summed E-state index contributed by atoms with van der Waals surface area (Å²) in [4.78, 5) is 2.18. The number of unbranched alkanes of at least 4 members (excludes halogenated alkanes) is 1. The van der Waals surface area contributed by atoms with Gasteiger partial charge in [0.15, 0.2) is 5.75 Å². The summed E-state index contributed by atoms with van der Waals surface area (Å²) >= 11 is 0. The second-order valence-electron chi connectivity index (χ2n) is 13.3. The lowest BCUT2D eigenvalue weighted by Gasteiger charge is -2.43. The number of hydrogen-bond acceptors (Lipinski definition) is 3. The summed E-state index contributed by atoms with van der Waals surface area (Å²) < 4.78 is 14.2. The summed E-state index contributed by atoms with van der Waals surface area (Å²) in [7, 11) is 0. The van der Waals surface area contributed by atoms with Crippen LogP contribution in [0.25, 0.3) is 17.2 Å². The van der Waals surface area contributed by atoms with E-state index < -0.39 is 6.15 Å². The Morgan fingerprint density at radius 3 is 1.84 bits per heavy atom. The topological polar surface area (TPSA) is 29.5 Å². The van der Waals surface area contributed by atoms with Gasteiger partial charge >= 0.3 is 5.89 Å². The van der Waals surface area contributed by atoms with Crippen molar-refractivity contribution in [2.24, 2.45) is 0 Å². The first-order valence-corrected chi connectivity index (χ1v) is 18.2. The van der Waals surface area contributed by atoms with Crippen molar-refractivity contribution in [1.29, 1.82) is 0 Å². The van der Waals surface area contributed by atoms with Crippen molar-refractivity contribution in [3.05, 3.63) is 162 Å². The molecule has 5 heteroatoms. The zero-order valence-electron chi connectivity index (χ0n) is 30.2. The molecule has 50 heavy (non-hydrogen) atoms. The Morgan fingerprint density at radius 1 is 0.700 bits per heavy atom. The summed E-state index contributed by atoms with van der Waals surface area (Å²) in [5, 5.41) is 0. The van der Waals surface area contributed by atoms with Gasteiger partial charge in [0.2, 0.25) is 11.5 Å². The zero-order chi connectivity index (χ0) is 34.9. The molecular formula is C45H49BN2O2. The molecule has 0 saturated heterocycles. The monoisotopic (exact) mass is 660 g/mol. The number of aromatic nitrogens is 1. The molecule has 0 aliphatic carbocycles. The van der Waals surface area contributed by atoms with E-state index in [0.29, 0.717) is 0 Å². The van der Waals surface area contributed by atoms with Crippen LogP contribution < -0.4 is 30.6 Å². The summed E-state index contributed by atoms with van der Waals surface area (Å²) in [5.74, 6) is 2.58. The van der Waals surface area contributed by atoms with E-state index in [0.717, 1.165) is 47.4 Å². The van der Waals surface area contributed by atoms with Crippen LogP contribution >= 0.6 is 0 Å². The second kappa shape index (κ2) is 16.0. The Hall–Kier alpha value is -5.29. The minimum Gasteiger partial charge on any atom is -0.439 e. The molecule has 4 nitrogen and oxygen atoms in total. The molecule has 0 unspecified atom stereocenters. The number of oxazole rings is 1. The Labute approximate surface area is 298 Å². The first-order chi connectivity index (χ1) is 24.5. The third-order valence-corrected chi connectivity index (χ3v) is 9.98. The predicted molar refractivity (Wildman–Crippen MR) is 212 cm³/mol. The molecular weight excluding hydrogens is 611 g/mol. The minimum absolute atomic E-state index is 0.837. The Balaban J connectivity index is 0.000000175. The molecule has 1 aliphatic heterocycles. The molecule has 254 valence electrons. The highest BCUT2D eigenvalue weighted by atomic mass is 16.5. The number of nitrogens with zero attached hydrogens (tertiary/aromatic N) is 2. The molecule has 0 fully saturated rings. The average molecular weight is 661 g/mol. The van der Waals surface area contributed by atoms with Gasteiger partial charge in [-0.25, -0.2) is 0 Å². The molecule has 0 N–H and O–H groups in total. The molecule has 0 spiro atoms. The van der Waals surface area contributed by atoms with E-state index in [-0.39, 0.29) is 0 Å². The van der Waals surface area contributed by atoms with E-state index in [4.69, 9.17) is 9.15 Å². The highest BCUT2D eigenvalue weighted by molar-refractivity contribution is 7.11. The molecule has 2 heterocycles. The van der Waals surface area contributed by atoms with Crippen molar-refractivity contribution in [2.75, 3.05) is 11.4 Å². The maximum Gasteiger partial charge on any atom is 0.374 e. The highest BCUT2D eigenvalue weighted by Gasteiger charge is 2.29. The van der Waals surface area contributed by atoms with Crippen LogP contribution in [0.3, 0.4) is 0 Å². The number of benzene rings is 5. The van der Waals surface area contributed by atoms with Gasteiger partial charge in [0.1, 0.15) is 6.54 Å². The lowest BCUT2D eigenvalue weighted by Crippen LogP contribution is -2.66. The Kier molecular flexibility index (Phi) is 11.0. The standard InChI is InChI=1S/C23H25N2O2.C22H24B/c1-5-24-18-14-16(3)10-12-20(18)26-22(24)8-7-9-23-25(6-2)19-15-17(4)11-13-21(19)27-23;1-2-3-19-23(20-13-7-4-8-14-20,21-15-9-5-10-16-21)22-17-11-6-12-18-22/h7-15H,5-6H2,1-4H3;4-18H,2-3,19H2,1H3/q+1;-1. The van der Waals surface area contributed by atoms with E-state index in [2.05, 4.69) is 159 Å². The third-order valence-electron chi connectivity index (χ3n) is 9.98. The zero-order valence-corrected chi connectivity index (χ0v) is 30.2. The highest BCUT2D eigenvalue weighted by Crippen LogP contribution is 2.39. The van der Waals surface area contributed by atoms with Gasteiger partial charge in [-0.15, -0.1) is 0 Å². The van der Waals surface area contributed by atoms with Crippen molar-refractivity contribution in [1.82, 2.24) is 0 Å². The van der Waals surface area contributed by atoms with Crippen molar-refractivity contribution in [3.8, 4) is 5.75 Å². The fourth-order valence-corrected chi connectivity index (χ4v) is 7.47. The van der Waals surface area contributed by atoms with Crippen LogP contribution in [0, 0.1) is 13.8 Å². The smallest absolute Gasteiger partial charge is 0.374 e. The Morgan fingerprint density at radius 2 is 1.28 bits per heavy atom. The van der Waals surface area contributed by atoms with Crippen LogP contribution in [-0.4, -0.2) is 12.7 Å². The molecule has 0 radical (unpaired) electrons. The van der Waals surface area contributed by atoms with Gasteiger partial charge in [-0.2, -0.15) is 27.3 Å². The number of fused-ring (bicyclic) bond motifs is 2. The number of ether oxygens (including phenoxy) is 1. The van der Waals surface area contributed by atoms with E-state index in [1.165, 1.54) is 46.7 Å². The van der Waals surface area contributed by atoms with Crippen LogP contribution in [0.1, 0.15) is 50.6 Å². The summed E-state index contributed by atoms with van der Waals surface area (Å²) in [6.45, 7) is 12.5. The molecule has 1 aliphatic rings. The Bertz CT molecular complexity index is 1970. The minimum atomic E-state index is -0.913. The first-order valence-electron chi connectivity index (χ1n) is 18.2. The second-order valence-corrected chi connectivity index (χ2v) is 13.3.